The lowest BCUT2D eigenvalue weighted by atomic mass is 9.82. The Balaban J connectivity index is 1.33. The second-order valence-electron chi connectivity index (χ2n) is 13.4. The highest BCUT2D eigenvalue weighted by Gasteiger charge is 2.41. The topological polar surface area (TPSA) is 53.1 Å². The summed E-state index contributed by atoms with van der Waals surface area (Å²) in [5.41, 5.74) is 1.89. The van der Waals surface area contributed by atoms with Gasteiger partial charge in [0.2, 0.25) is 11.8 Å². The molecule has 41 heavy (non-hydrogen) atoms. The Hall–Kier alpha value is -2.93. The molecule has 3 fully saturated rings. The smallest absolute Gasteiger partial charge is 0.223 e. The van der Waals surface area contributed by atoms with Gasteiger partial charge in [0.1, 0.15) is 0 Å². The summed E-state index contributed by atoms with van der Waals surface area (Å²) < 4.78 is 21.0. The number of amides is 2. The van der Waals surface area contributed by atoms with E-state index in [0.29, 0.717) is 50.2 Å². The van der Waals surface area contributed by atoms with Gasteiger partial charge >= 0.3 is 0 Å². The van der Waals surface area contributed by atoms with Crippen LogP contribution >= 0.6 is 0 Å². The molecule has 1 unspecified atom stereocenters. The molecule has 3 aliphatic rings. The Bertz CT molecular complexity index is 1200. The van der Waals surface area contributed by atoms with Crippen LogP contribution in [0.2, 0.25) is 0 Å². The Morgan fingerprint density at radius 1 is 0.927 bits per heavy atom. The van der Waals surface area contributed by atoms with E-state index in [4.69, 9.17) is 4.74 Å². The van der Waals surface area contributed by atoms with Crippen LogP contribution in [-0.2, 0) is 9.59 Å². The van der Waals surface area contributed by atoms with E-state index in [1.165, 1.54) is 12.8 Å². The molecule has 2 aromatic rings. The van der Waals surface area contributed by atoms with Crippen molar-refractivity contribution in [1.82, 2.24) is 14.7 Å². The van der Waals surface area contributed by atoms with Crippen molar-refractivity contribution in [3.63, 3.8) is 0 Å². The maximum Gasteiger partial charge on any atom is 0.223 e. The number of hydrogen-bond acceptors (Lipinski definition) is 4. The van der Waals surface area contributed by atoms with Crippen LogP contribution in [0.25, 0.3) is 0 Å². The van der Waals surface area contributed by atoms with Gasteiger partial charge in [-0.05, 0) is 66.2 Å². The van der Waals surface area contributed by atoms with Crippen molar-refractivity contribution in [2.24, 2.45) is 17.3 Å². The molecule has 1 saturated carbocycles. The lowest BCUT2D eigenvalue weighted by Gasteiger charge is -2.50. The number of halogens is 1. The molecule has 2 heterocycles. The van der Waals surface area contributed by atoms with Crippen LogP contribution in [0, 0.1) is 23.1 Å². The van der Waals surface area contributed by atoms with Gasteiger partial charge in [-0.25, -0.2) is 4.39 Å². The Morgan fingerprint density at radius 3 is 2.24 bits per heavy atom. The number of nitrogens with zero attached hydrogens (tertiary/aromatic N) is 3. The number of carbonyl (C=O) groups is 2. The van der Waals surface area contributed by atoms with Gasteiger partial charge in [-0.1, -0.05) is 57.2 Å². The molecule has 5 rings (SSSR count). The average molecular weight is 564 g/mol. The molecule has 0 N–H and O–H groups in total. The van der Waals surface area contributed by atoms with Crippen molar-refractivity contribution in [1.29, 1.82) is 0 Å². The van der Waals surface area contributed by atoms with Gasteiger partial charge < -0.3 is 14.5 Å². The van der Waals surface area contributed by atoms with Crippen molar-refractivity contribution >= 4 is 11.8 Å². The molecule has 2 aliphatic heterocycles. The Kier molecular flexibility index (Phi) is 9.03. The minimum atomic E-state index is -0.318. The van der Waals surface area contributed by atoms with E-state index in [0.717, 1.165) is 37.1 Å². The number of likely N-dealkylation sites (tertiary alicyclic amines) is 1. The highest BCUT2D eigenvalue weighted by Crippen LogP contribution is 2.37. The fourth-order valence-electron chi connectivity index (χ4n) is 6.44. The fraction of sp³-hybridized carbons (Fsp3) is 0.588. The average Bonchev–Trinajstić information content (AvgIpc) is 3.78. The zero-order valence-corrected chi connectivity index (χ0v) is 25.2. The maximum absolute atomic E-state index is 15.3. The summed E-state index contributed by atoms with van der Waals surface area (Å²) >= 11 is 0. The van der Waals surface area contributed by atoms with E-state index < -0.39 is 0 Å². The molecule has 2 aromatic carbocycles. The first kappa shape index (κ1) is 29.6. The summed E-state index contributed by atoms with van der Waals surface area (Å²) in [5, 5.41) is 0. The number of benzene rings is 2. The van der Waals surface area contributed by atoms with Gasteiger partial charge in [-0.15, -0.1) is 0 Å². The van der Waals surface area contributed by atoms with E-state index in [9.17, 15) is 9.59 Å². The van der Waals surface area contributed by atoms with Crippen LogP contribution in [0.5, 0.6) is 5.75 Å². The predicted octanol–water partition coefficient (Wildman–Crippen LogP) is 5.91. The first-order chi connectivity index (χ1) is 19.6. The van der Waals surface area contributed by atoms with Crippen molar-refractivity contribution in [2.45, 2.75) is 71.9 Å². The molecular formula is C34H46FN3O3. The summed E-state index contributed by atoms with van der Waals surface area (Å²) in [6.45, 7) is 12.3. The fourth-order valence-corrected chi connectivity index (χ4v) is 6.44. The molecule has 0 bridgehead atoms. The zero-order valence-electron chi connectivity index (χ0n) is 25.2. The van der Waals surface area contributed by atoms with Crippen LogP contribution in [-0.4, -0.2) is 71.9 Å². The van der Waals surface area contributed by atoms with Gasteiger partial charge in [-0.3, -0.25) is 14.5 Å². The third-order valence-corrected chi connectivity index (χ3v) is 9.18. The third kappa shape index (κ3) is 7.29. The SMILES string of the molecule is CC(=O)N1CCC(CC(=O)N2CCN(C(c3ccccc3)c3ccc(OCC4CC4)c(F)c3)C[C@@H]2C(C)(C)C)CC1. The Labute approximate surface area is 244 Å². The zero-order chi connectivity index (χ0) is 29.1. The van der Waals surface area contributed by atoms with Crippen molar-refractivity contribution in [3.8, 4) is 5.75 Å². The van der Waals surface area contributed by atoms with Crippen LogP contribution in [0.4, 0.5) is 4.39 Å². The molecule has 7 heteroatoms. The number of ether oxygens (including phenoxy) is 1. The first-order valence-corrected chi connectivity index (χ1v) is 15.4. The predicted molar refractivity (Wildman–Crippen MR) is 159 cm³/mol. The number of rotatable bonds is 8. The molecular weight excluding hydrogens is 517 g/mol. The van der Waals surface area contributed by atoms with Gasteiger partial charge in [0.15, 0.2) is 11.6 Å². The standard InChI is InChI=1S/C34H46FN3O3/c1-24(39)36-16-14-25(15-17-36)20-32(40)38-19-18-37(22-31(38)34(2,3)4)33(27-8-6-5-7-9-27)28-12-13-30(29(35)21-28)41-23-26-10-11-26/h5-9,12-13,21,25-26,31,33H,10-11,14-20,22-23H2,1-4H3/t31-,33?/m1/s1. The number of piperazine rings is 1. The summed E-state index contributed by atoms with van der Waals surface area (Å²) in [6, 6.07) is 15.6. The van der Waals surface area contributed by atoms with Gasteiger partial charge in [0.25, 0.3) is 0 Å². The summed E-state index contributed by atoms with van der Waals surface area (Å²) in [4.78, 5) is 31.8. The van der Waals surface area contributed by atoms with Crippen LogP contribution < -0.4 is 4.74 Å². The minimum absolute atomic E-state index is 0.0262. The van der Waals surface area contributed by atoms with Crippen molar-refractivity contribution in [3.05, 3.63) is 65.5 Å². The normalized spacial score (nSPS) is 21.5. The highest BCUT2D eigenvalue weighted by atomic mass is 19.1. The minimum Gasteiger partial charge on any atom is -0.490 e. The second kappa shape index (κ2) is 12.5. The van der Waals surface area contributed by atoms with E-state index >= 15 is 4.39 Å². The van der Waals surface area contributed by atoms with Crippen molar-refractivity contribution in [2.75, 3.05) is 39.3 Å². The molecule has 2 atom stereocenters. The van der Waals surface area contributed by atoms with E-state index in [1.54, 1.807) is 19.1 Å². The summed E-state index contributed by atoms with van der Waals surface area (Å²) in [6.07, 6.45) is 4.63. The third-order valence-electron chi connectivity index (χ3n) is 9.18. The quantitative estimate of drug-likeness (QED) is 0.401. The molecule has 6 nitrogen and oxygen atoms in total. The largest absolute Gasteiger partial charge is 0.490 e. The van der Waals surface area contributed by atoms with E-state index in [1.807, 2.05) is 29.2 Å². The summed E-state index contributed by atoms with van der Waals surface area (Å²) in [5.74, 6) is 1.22. The molecule has 0 aromatic heterocycles. The molecule has 0 spiro atoms. The van der Waals surface area contributed by atoms with E-state index in [2.05, 4.69) is 42.7 Å². The molecule has 2 saturated heterocycles. The lowest BCUT2D eigenvalue weighted by molar-refractivity contribution is -0.141. The van der Waals surface area contributed by atoms with Crippen LogP contribution in [0.1, 0.15) is 77.0 Å². The second-order valence-corrected chi connectivity index (χ2v) is 13.4. The molecule has 0 radical (unpaired) electrons. The van der Waals surface area contributed by atoms with Crippen LogP contribution in [0.3, 0.4) is 0 Å². The maximum atomic E-state index is 15.3. The first-order valence-electron chi connectivity index (χ1n) is 15.4. The van der Waals surface area contributed by atoms with Gasteiger partial charge in [0.05, 0.1) is 12.6 Å². The summed E-state index contributed by atoms with van der Waals surface area (Å²) in [7, 11) is 0. The molecule has 222 valence electrons. The molecule has 2 amide bonds. The van der Waals surface area contributed by atoms with Gasteiger partial charge in [0, 0.05) is 52.1 Å². The monoisotopic (exact) mass is 563 g/mol. The highest BCUT2D eigenvalue weighted by molar-refractivity contribution is 5.77. The number of piperidine rings is 1. The van der Waals surface area contributed by atoms with E-state index in [-0.39, 0.29) is 35.1 Å². The van der Waals surface area contributed by atoms with Gasteiger partial charge in [-0.2, -0.15) is 0 Å². The lowest BCUT2D eigenvalue weighted by Crippen LogP contribution is -2.60. The Morgan fingerprint density at radius 2 is 1.63 bits per heavy atom. The van der Waals surface area contributed by atoms with Crippen LogP contribution in [0.15, 0.2) is 48.5 Å². The molecule has 1 aliphatic carbocycles. The van der Waals surface area contributed by atoms with Crippen molar-refractivity contribution < 1.29 is 18.7 Å². The number of hydrogen-bond donors (Lipinski definition) is 0. The number of carbonyl (C=O) groups excluding carboxylic acids is 2.